The number of aryl methyl sites for hydroxylation is 1. The van der Waals surface area contributed by atoms with Crippen molar-refractivity contribution in [3.8, 4) is 22.5 Å². The van der Waals surface area contributed by atoms with Gasteiger partial charge in [0.25, 0.3) is 0 Å². The van der Waals surface area contributed by atoms with E-state index in [1.165, 1.54) is 43.0 Å². The topological polar surface area (TPSA) is 114 Å². The average Bonchev–Trinajstić information content (AvgIpc) is 3.16. The zero-order valence-corrected chi connectivity index (χ0v) is 18.1. The van der Waals surface area contributed by atoms with Gasteiger partial charge in [-0.2, -0.15) is 18.0 Å². The number of tetrazole rings is 1. The highest BCUT2D eigenvalue weighted by atomic mass is 35.5. The van der Waals surface area contributed by atoms with Gasteiger partial charge in [-0.15, -0.1) is 10.2 Å². The lowest BCUT2D eigenvalue weighted by Gasteiger charge is -2.17. The number of nitrogens with one attached hydrogen (secondary N) is 3. The molecule has 34 heavy (non-hydrogen) atoms. The third kappa shape index (κ3) is 5.57. The smallest absolute Gasteiger partial charge is 0.330 e. The largest absolute Gasteiger partial charge is 0.472 e. The van der Waals surface area contributed by atoms with Gasteiger partial charge in [-0.3, -0.25) is 10.2 Å². The molecule has 1 heterocycles. The van der Waals surface area contributed by atoms with Crippen molar-refractivity contribution in [1.29, 1.82) is 0 Å². The highest BCUT2D eigenvalue weighted by Gasteiger charge is 2.39. The van der Waals surface area contributed by atoms with Gasteiger partial charge in [0.05, 0.1) is 18.7 Å². The number of nitrogens with zero attached hydrogens (tertiary/aromatic N) is 4. The van der Waals surface area contributed by atoms with Gasteiger partial charge in [-0.25, -0.2) is 19.0 Å². The van der Waals surface area contributed by atoms with Crippen LogP contribution in [0.15, 0.2) is 30.3 Å². The highest BCUT2D eigenvalue weighted by molar-refractivity contribution is 6.31. The first-order chi connectivity index (χ1) is 15.9. The van der Waals surface area contributed by atoms with Crippen LogP contribution in [0.25, 0.3) is 22.5 Å². The molecule has 0 aliphatic carbocycles. The van der Waals surface area contributed by atoms with E-state index in [-0.39, 0.29) is 33.1 Å². The number of urea groups is 1. The molecule has 0 aliphatic heterocycles. The maximum absolute atomic E-state index is 14.9. The fourth-order valence-electron chi connectivity index (χ4n) is 2.95. The second kappa shape index (κ2) is 9.59. The molecule has 1 atom stereocenters. The minimum atomic E-state index is -5.19. The Bertz CT molecular complexity index is 1250. The summed E-state index contributed by atoms with van der Waals surface area (Å²) in [5, 5.41) is 13.6. The number of hydrazine groups is 1. The van der Waals surface area contributed by atoms with Gasteiger partial charge in [-0.1, -0.05) is 23.7 Å². The number of rotatable bonds is 4. The summed E-state index contributed by atoms with van der Waals surface area (Å²) in [7, 11) is 1.48. The number of hydrogen-bond donors (Lipinski definition) is 3. The van der Waals surface area contributed by atoms with Crippen LogP contribution in [0.3, 0.4) is 0 Å². The van der Waals surface area contributed by atoms with Gasteiger partial charge in [0.2, 0.25) is 5.82 Å². The summed E-state index contributed by atoms with van der Waals surface area (Å²) < 4.78 is 66.1. The van der Waals surface area contributed by atoms with Crippen molar-refractivity contribution in [3.63, 3.8) is 0 Å². The molecule has 0 saturated heterocycles. The zero-order valence-electron chi connectivity index (χ0n) is 17.3. The van der Waals surface area contributed by atoms with Crippen molar-refractivity contribution in [2.24, 2.45) is 7.05 Å². The number of benzene rings is 2. The van der Waals surface area contributed by atoms with Crippen LogP contribution in [0, 0.1) is 11.6 Å². The van der Waals surface area contributed by atoms with Crippen LogP contribution in [-0.4, -0.2) is 38.3 Å². The summed E-state index contributed by atoms with van der Waals surface area (Å²) in [4.78, 5) is 23.6. The number of hydrogen-bond acceptors (Lipinski definition) is 5. The number of amides is 3. The molecular formula is C19H15ClF5N7O2. The Morgan fingerprint density at radius 3 is 2.38 bits per heavy atom. The predicted octanol–water partition coefficient (Wildman–Crippen LogP) is 3.43. The normalized spacial score (nSPS) is 12.2. The van der Waals surface area contributed by atoms with Crippen molar-refractivity contribution < 1.29 is 31.5 Å². The summed E-state index contributed by atoms with van der Waals surface area (Å²) in [6.07, 6.45) is -5.19. The quantitative estimate of drug-likeness (QED) is 0.373. The molecule has 0 radical (unpaired) electrons. The van der Waals surface area contributed by atoms with E-state index >= 15 is 0 Å². The first-order valence-corrected chi connectivity index (χ1v) is 9.71. The van der Waals surface area contributed by atoms with Crippen LogP contribution in [-0.2, 0) is 11.8 Å². The molecule has 3 aromatic rings. The molecule has 0 bridgehead atoms. The minimum Gasteiger partial charge on any atom is -0.330 e. The Morgan fingerprint density at radius 1 is 1.09 bits per heavy atom. The van der Waals surface area contributed by atoms with Gasteiger partial charge in [-0.05, 0) is 41.5 Å². The number of carbonyl (C=O) groups is 2. The standard InChI is InChI=1S/C19H15ClF5N7O2/c1-8(26-18(34)29-28-17(33)19(23,24)25)11-4-3-9(5-13(11)21)12-6-10(20)7-14(22)15(12)16-27-31-32(2)30-16/h3-8H,1-2H3,(H,28,33)(H2,26,29,34). The third-order valence-electron chi connectivity index (χ3n) is 4.46. The lowest BCUT2D eigenvalue weighted by molar-refractivity contribution is -0.174. The van der Waals surface area contributed by atoms with Crippen LogP contribution in [0.4, 0.5) is 26.7 Å². The molecule has 15 heteroatoms. The van der Waals surface area contributed by atoms with Crippen LogP contribution in [0.1, 0.15) is 18.5 Å². The second-order valence-corrected chi connectivity index (χ2v) is 7.36. The molecule has 3 N–H and O–H groups in total. The number of aromatic nitrogens is 4. The maximum atomic E-state index is 14.9. The van der Waals surface area contributed by atoms with Crippen LogP contribution in [0.2, 0.25) is 5.02 Å². The lowest BCUT2D eigenvalue weighted by Crippen LogP contribution is -2.51. The molecular weight excluding hydrogens is 489 g/mol. The third-order valence-corrected chi connectivity index (χ3v) is 4.68. The van der Waals surface area contributed by atoms with Crippen molar-refractivity contribution in [1.82, 2.24) is 36.4 Å². The van der Waals surface area contributed by atoms with E-state index in [0.717, 1.165) is 16.9 Å². The zero-order chi connectivity index (χ0) is 25.2. The monoisotopic (exact) mass is 503 g/mol. The molecule has 2 aromatic carbocycles. The molecule has 3 amide bonds. The van der Waals surface area contributed by atoms with E-state index in [0.29, 0.717) is 0 Å². The molecule has 0 saturated carbocycles. The van der Waals surface area contributed by atoms with Crippen molar-refractivity contribution in [3.05, 3.63) is 52.6 Å². The van der Waals surface area contributed by atoms with Gasteiger partial charge < -0.3 is 5.32 Å². The van der Waals surface area contributed by atoms with E-state index in [2.05, 4.69) is 20.7 Å². The Labute approximate surface area is 193 Å². The Kier molecular flexibility index (Phi) is 7.00. The molecule has 180 valence electrons. The van der Waals surface area contributed by atoms with E-state index in [1.54, 1.807) is 0 Å². The molecule has 0 fully saturated rings. The van der Waals surface area contributed by atoms with E-state index in [1.807, 2.05) is 0 Å². The Hall–Kier alpha value is -3.81. The van der Waals surface area contributed by atoms with E-state index in [4.69, 9.17) is 11.6 Å². The maximum Gasteiger partial charge on any atom is 0.472 e. The summed E-state index contributed by atoms with van der Waals surface area (Å²) in [6, 6.07) is 3.98. The molecule has 0 spiro atoms. The Morgan fingerprint density at radius 2 is 1.79 bits per heavy atom. The summed E-state index contributed by atoms with van der Waals surface area (Å²) in [6.45, 7) is 1.36. The fraction of sp³-hybridized carbons (Fsp3) is 0.211. The van der Waals surface area contributed by atoms with Crippen molar-refractivity contribution in [2.45, 2.75) is 19.1 Å². The molecule has 9 nitrogen and oxygen atoms in total. The van der Waals surface area contributed by atoms with Gasteiger partial charge in [0.15, 0.2) is 0 Å². The summed E-state index contributed by atoms with van der Waals surface area (Å²) in [5.41, 5.74) is 2.97. The van der Waals surface area contributed by atoms with Crippen LogP contribution < -0.4 is 16.2 Å². The van der Waals surface area contributed by atoms with E-state index < -0.39 is 35.8 Å². The minimum absolute atomic E-state index is 0.0391. The predicted molar refractivity (Wildman–Crippen MR) is 109 cm³/mol. The SMILES string of the molecule is CC(NC(=O)NNC(=O)C(F)(F)F)c1ccc(-c2cc(Cl)cc(F)c2-c2nnn(C)n2)cc1F. The van der Waals surface area contributed by atoms with Gasteiger partial charge in [0.1, 0.15) is 11.6 Å². The van der Waals surface area contributed by atoms with Gasteiger partial charge >= 0.3 is 18.1 Å². The second-order valence-electron chi connectivity index (χ2n) is 6.92. The first kappa shape index (κ1) is 24.8. The lowest BCUT2D eigenvalue weighted by atomic mass is 9.96. The number of halogens is 6. The fourth-order valence-corrected chi connectivity index (χ4v) is 3.16. The molecule has 3 rings (SSSR count). The van der Waals surface area contributed by atoms with E-state index in [9.17, 15) is 31.5 Å². The summed E-state index contributed by atoms with van der Waals surface area (Å²) >= 11 is 5.97. The van der Waals surface area contributed by atoms with Crippen LogP contribution >= 0.6 is 11.6 Å². The molecule has 1 unspecified atom stereocenters. The van der Waals surface area contributed by atoms with Crippen molar-refractivity contribution >= 4 is 23.5 Å². The highest BCUT2D eigenvalue weighted by Crippen LogP contribution is 2.36. The van der Waals surface area contributed by atoms with Crippen LogP contribution in [0.5, 0.6) is 0 Å². The molecule has 1 aromatic heterocycles. The van der Waals surface area contributed by atoms with Gasteiger partial charge in [0, 0.05) is 10.6 Å². The Balaban J connectivity index is 1.83. The van der Waals surface area contributed by atoms with Crippen molar-refractivity contribution in [2.75, 3.05) is 0 Å². The summed E-state index contributed by atoms with van der Waals surface area (Å²) in [5.74, 6) is -4.01. The number of carbonyl (C=O) groups excluding carboxylic acids is 2. The first-order valence-electron chi connectivity index (χ1n) is 9.33. The number of alkyl halides is 3. The average molecular weight is 504 g/mol. The molecule has 0 aliphatic rings.